The van der Waals surface area contributed by atoms with Crippen LogP contribution in [0.25, 0.3) is 0 Å². The van der Waals surface area contributed by atoms with E-state index in [9.17, 15) is 14.3 Å². The molecule has 0 saturated heterocycles. The molecule has 0 radical (unpaired) electrons. The summed E-state index contributed by atoms with van der Waals surface area (Å²) in [6.07, 6.45) is 3.72. The van der Waals surface area contributed by atoms with E-state index in [1.54, 1.807) is 6.07 Å². The summed E-state index contributed by atoms with van der Waals surface area (Å²) in [6.45, 7) is 4.07. The lowest BCUT2D eigenvalue weighted by molar-refractivity contribution is -0.120. The fourth-order valence-electron chi connectivity index (χ4n) is 2.50. The van der Waals surface area contributed by atoms with E-state index >= 15 is 0 Å². The highest BCUT2D eigenvalue weighted by molar-refractivity contribution is 5.73. The lowest BCUT2D eigenvalue weighted by Gasteiger charge is -2.23. The Balaban J connectivity index is 2.70. The van der Waals surface area contributed by atoms with Gasteiger partial charge in [0.25, 0.3) is 0 Å². The molecule has 24 heavy (non-hydrogen) atoms. The van der Waals surface area contributed by atoms with Crippen LogP contribution >= 0.6 is 0 Å². The Morgan fingerprint density at radius 2 is 2.08 bits per heavy atom. The number of hydrogen-bond acceptors (Lipinski definition) is 4. The quantitative estimate of drug-likeness (QED) is 0.539. The monoisotopic (exact) mass is 340 g/mol. The molecular weight excluding hydrogens is 311 g/mol. The summed E-state index contributed by atoms with van der Waals surface area (Å²) < 4.78 is 19.4. The van der Waals surface area contributed by atoms with Crippen LogP contribution in [-0.2, 0) is 11.2 Å². The zero-order valence-corrected chi connectivity index (χ0v) is 14.6. The molecule has 0 bridgehead atoms. The van der Waals surface area contributed by atoms with E-state index in [-0.39, 0.29) is 18.9 Å². The summed E-state index contributed by atoms with van der Waals surface area (Å²) >= 11 is 0. The maximum absolute atomic E-state index is 13.8. The number of amides is 1. The third kappa shape index (κ3) is 7.75. The zero-order valence-electron chi connectivity index (χ0n) is 14.6. The van der Waals surface area contributed by atoms with Crippen molar-refractivity contribution in [2.75, 3.05) is 13.2 Å². The van der Waals surface area contributed by atoms with E-state index in [1.807, 2.05) is 0 Å². The number of ether oxygens (including phenoxy) is 1. The number of unbranched alkanes of at least 4 members (excludes halogenated alkanes) is 3. The molecule has 0 heterocycles. The van der Waals surface area contributed by atoms with Gasteiger partial charge in [0.2, 0.25) is 5.91 Å². The Bertz CT molecular complexity index is 511. The number of carbonyl (C=O) groups is 1. The lowest BCUT2D eigenvalue weighted by Crippen LogP contribution is -2.47. The fourth-order valence-corrected chi connectivity index (χ4v) is 2.50. The van der Waals surface area contributed by atoms with Crippen LogP contribution in [0.1, 0.15) is 45.1 Å². The lowest BCUT2D eigenvalue weighted by atomic mass is 10.0. The number of aliphatic hydroxyl groups excluding tert-OH is 1. The topological polar surface area (TPSA) is 84.6 Å². The molecule has 0 saturated carbocycles. The molecule has 0 aromatic heterocycles. The molecule has 1 aromatic rings. The van der Waals surface area contributed by atoms with Gasteiger partial charge in [-0.3, -0.25) is 4.79 Å². The normalized spacial score (nSPS) is 13.4. The van der Waals surface area contributed by atoms with Crippen molar-refractivity contribution in [3.63, 3.8) is 0 Å². The van der Waals surface area contributed by atoms with Crippen LogP contribution in [0.5, 0.6) is 5.75 Å². The van der Waals surface area contributed by atoms with Gasteiger partial charge in [-0.1, -0.05) is 26.2 Å². The van der Waals surface area contributed by atoms with Crippen LogP contribution in [0.15, 0.2) is 18.2 Å². The van der Waals surface area contributed by atoms with Gasteiger partial charge in [0, 0.05) is 19.5 Å². The standard InChI is InChI=1S/C18H29FN2O3/c1-3-4-5-6-7-24-16-9-14(8-15(19)11-16)10-17(18(23)12-20)21-13(2)22/h8-9,11,17-18,23H,3-7,10,12,20H2,1-2H3,(H,21,22)/t17-,18+/m0/s1. The third-order valence-corrected chi connectivity index (χ3v) is 3.75. The molecule has 6 heteroatoms. The van der Waals surface area contributed by atoms with Crippen LogP contribution in [0.3, 0.4) is 0 Å². The van der Waals surface area contributed by atoms with Gasteiger partial charge in [0.15, 0.2) is 0 Å². The minimum absolute atomic E-state index is 0.0149. The molecule has 1 amide bonds. The number of nitrogens with one attached hydrogen (secondary N) is 1. The molecule has 136 valence electrons. The van der Waals surface area contributed by atoms with Crippen LogP contribution < -0.4 is 15.8 Å². The largest absolute Gasteiger partial charge is 0.493 e. The molecule has 1 aromatic carbocycles. The highest BCUT2D eigenvalue weighted by Crippen LogP contribution is 2.19. The Morgan fingerprint density at radius 3 is 2.71 bits per heavy atom. The van der Waals surface area contributed by atoms with Gasteiger partial charge in [0.1, 0.15) is 11.6 Å². The molecule has 2 atom stereocenters. The van der Waals surface area contributed by atoms with Crippen LogP contribution in [0.4, 0.5) is 4.39 Å². The third-order valence-electron chi connectivity index (χ3n) is 3.75. The van der Waals surface area contributed by atoms with Crippen molar-refractivity contribution in [2.45, 2.75) is 58.1 Å². The van der Waals surface area contributed by atoms with Crippen molar-refractivity contribution in [3.05, 3.63) is 29.6 Å². The van der Waals surface area contributed by atoms with Crippen molar-refractivity contribution in [1.29, 1.82) is 0 Å². The van der Waals surface area contributed by atoms with E-state index in [4.69, 9.17) is 10.5 Å². The fraction of sp³-hybridized carbons (Fsp3) is 0.611. The SMILES string of the molecule is CCCCCCOc1cc(F)cc(C[C@H](NC(C)=O)[C@H](O)CN)c1. The van der Waals surface area contributed by atoms with Gasteiger partial charge in [-0.25, -0.2) is 4.39 Å². The van der Waals surface area contributed by atoms with Gasteiger partial charge in [0.05, 0.1) is 18.8 Å². The Morgan fingerprint density at radius 1 is 1.33 bits per heavy atom. The van der Waals surface area contributed by atoms with E-state index in [0.717, 1.165) is 25.7 Å². The zero-order chi connectivity index (χ0) is 17.9. The average molecular weight is 340 g/mol. The van der Waals surface area contributed by atoms with E-state index in [1.165, 1.54) is 19.1 Å². The summed E-state index contributed by atoms with van der Waals surface area (Å²) in [5.41, 5.74) is 6.11. The maximum atomic E-state index is 13.8. The van der Waals surface area contributed by atoms with Crippen molar-refractivity contribution in [2.24, 2.45) is 5.73 Å². The predicted octanol–water partition coefficient (Wildman–Crippen LogP) is 2.15. The van der Waals surface area contributed by atoms with Gasteiger partial charge < -0.3 is 20.9 Å². The molecule has 0 aliphatic heterocycles. The van der Waals surface area contributed by atoms with E-state index < -0.39 is 18.0 Å². The number of benzene rings is 1. The van der Waals surface area contributed by atoms with Gasteiger partial charge in [-0.2, -0.15) is 0 Å². The highest BCUT2D eigenvalue weighted by Gasteiger charge is 2.20. The number of hydrogen-bond donors (Lipinski definition) is 3. The Kier molecular flexibility index (Phi) is 9.34. The average Bonchev–Trinajstić information content (AvgIpc) is 2.52. The molecular formula is C18H29FN2O3. The molecule has 1 rings (SSSR count). The molecule has 0 unspecified atom stereocenters. The number of aliphatic hydroxyl groups is 1. The van der Waals surface area contributed by atoms with Crippen molar-refractivity contribution < 1.29 is 19.0 Å². The summed E-state index contributed by atoms with van der Waals surface area (Å²) in [4.78, 5) is 11.3. The maximum Gasteiger partial charge on any atom is 0.217 e. The first-order valence-electron chi connectivity index (χ1n) is 8.53. The molecule has 0 aliphatic rings. The van der Waals surface area contributed by atoms with Gasteiger partial charge >= 0.3 is 0 Å². The predicted molar refractivity (Wildman–Crippen MR) is 92.4 cm³/mol. The Hall–Kier alpha value is -1.66. The van der Waals surface area contributed by atoms with Gasteiger partial charge in [-0.15, -0.1) is 0 Å². The van der Waals surface area contributed by atoms with Gasteiger partial charge in [-0.05, 0) is 30.5 Å². The first kappa shape index (κ1) is 20.4. The van der Waals surface area contributed by atoms with E-state index in [0.29, 0.717) is 17.9 Å². The van der Waals surface area contributed by atoms with E-state index in [2.05, 4.69) is 12.2 Å². The summed E-state index contributed by atoms with van der Waals surface area (Å²) in [5.74, 6) is -0.207. The summed E-state index contributed by atoms with van der Waals surface area (Å²) in [5, 5.41) is 12.6. The second kappa shape index (κ2) is 11.0. The second-order valence-corrected chi connectivity index (χ2v) is 6.02. The van der Waals surface area contributed by atoms with Crippen molar-refractivity contribution >= 4 is 5.91 Å². The number of nitrogens with two attached hydrogens (primary N) is 1. The van der Waals surface area contributed by atoms with Crippen molar-refractivity contribution in [3.8, 4) is 5.75 Å². The highest BCUT2D eigenvalue weighted by atomic mass is 19.1. The minimum atomic E-state index is -0.893. The number of rotatable bonds is 11. The molecule has 0 spiro atoms. The van der Waals surface area contributed by atoms with Crippen LogP contribution in [0.2, 0.25) is 0 Å². The smallest absolute Gasteiger partial charge is 0.217 e. The summed E-state index contributed by atoms with van der Waals surface area (Å²) in [7, 11) is 0. The second-order valence-electron chi connectivity index (χ2n) is 6.02. The molecule has 5 nitrogen and oxygen atoms in total. The molecule has 4 N–H and O–H groups in total. The molecule has 0 fully saturated rings. The van der Waals surface area contributed by atoms with Crippen LogP contribution in [-0.4, -0.2) is 36.3 Å². The minimum Gasteiger partial charge on any atom is -0.493 e. The first-order valence-corrected chi connectivity index (χ1v) is 8.53. The van der Waals surface area contributed by atoms with Crippen molar-refractivity contribution in [1.82, 2.24) is 5.32 Å². The van der Waals surface area contributed by atoms with Crippen LogP contribution in [0, 0.1) is 5.82 Å². The number of carbonyl (C=O) groups excluding carboxylic acids is 1. The summed E-state index contributed by atoms with van der Waals surface area (Å²) in [6, 6.07) is 3.89. The number of halogens is 1. The Labute approximate surface area is 143 Å². The molecule has 0 aliphatic carbocycles. The first-order chi connectivity index (χ1) is 11.5.